The van der Waals surface area contributed by atoms with Crippen molar-refractivity contribution in [2.75, 3.05) is 6.61 Å². The first-order valence-electron chi connectivity index (χ1n) is 5.68. The van der Waals surface area contributed by atoms with E-state index in [4.69, 9.17) is 10.9 Å². The molecule has 8 heteroatoms. The Morgan fingerprint density at radius 1 is 1.35 bits per heavy atom. The summed E-state index contributed by atoms with van der Waals surface area (Å²) in [6.45, 7) is -0.388. The predicted octanol–water partition coefficient (Wildman–Crippen LogP) is 2.27. The van der Waals surface area contributed by atoms with E-state index in [-0.39, 0.29) is 12.4 Å². The van der Waals surface area contributed by atoms with E-state index in [2.05, 4.69) is 9.89 Å². The van der Waals surface area contributed by atoms with Gasteiger partial charge >= 0.3 is 6.36 Å². The number of nitrogens with two attached hydrogens (primary N) is 1. The molecule has 0 aliphatic rings. The number of halogens is 3. The van der Waals surface area contributed by atoms with Crippen molar-refractivity contribution >= 4 is 16.7 Å². The fraction of sp³-hybridized carbons (Fsp3) is 0.250. The van der Waals surface area contributed by atoms with E-state index in [1.54, 1.807) is 35.0 Å². The maximum absolute atomic E-state index is 11.9. The average molecular weight is 287 g/mol. The highest BCUT2D eigenvalue weighted by Gasteiger charge is 2.28. The predicted molar refractivity (Wildman–Crippen MR) is 66.5 cm³/mol. The lowest BCUT2D eigenvalue weighted by Gasteiger charge is -2.09. The highest BCUT2D eigenvalue weighted by molar-refractivity contribution is 6.00. The van der Waals surface area contributed by atoms with Gasteiger partial charge in [-0.25, -0.2) is 0 Å². The molecular weight excluding hydrogens is 275 g/mol. The SMILES string of the molecule is N/C(=N/O)c1ccc2c(ccn2CCOC(F)(F)F)c1. The molecule has 3 N–H and O–H groups in total. The zero-order valence-electron chi connectivity index (χ0n) is 10.3. The van der Waals surface area contributed by atoms with Crippen molar-refractivity contribution in [2.45, 2.75) is 12.9 Å². The molecule has 2 rings (SSSR count). The van der Waals surface area contributed by atoms with Gasteiger partial charge in [-0.1, -0.05) is 5.16 Å². The zero-order valence-corrected chi connectivity index (χ0v) is 10.3. The Labute approximate surface area is 112 Å². The normalized spacial score (nSPS) is 13.1. The van der Waals surface area contributed by atoms with Crippen LogP contribution in [0, 0.1) is 0 Å². The van der Waals surface area contributed by atoms with Gasteiger partial charge in [0.05, 0.1) is 6.61 Å². The molecule has 5 nitrogen and oxygen atoms in total. The van der Waals surface area contributed by atoms with Gasteiger partial charge < -0.3 is 15.5 Å². The number of fused-ring (bicyclic) bond motifs is 1. The molecule has 1 aromatic carbocycles. The van der Waals surface area contributed by atoms with E-state index in [9.17, 15) is 13.2 Å². The van der Waals surface area contributed by atoms with Crippen LogP contribution in [0.4, 0.5) is 13.2 Å². The van der Waals surface area contributed by atoms with E-state index in [0.29, 0.717) is 5.56 Å². The van der Waals surface area contributed by atoms with E-state index < -0.39 is 13.0 Å². The molecule has 0 radical (unpaired) electrons. The van der Waals surface area contributed by atoms with E-state index >= 15 is 0 Å². The Balaban J connectivity index is 2.16. The summed E-state index contributed by atoms with van der Waals surface area (Å²) >= 11 is 0. The van der Waals surface area contributed by atoms with Crippen LogP contribution in [0.25, 0.3) is 10.9 Å². The zero-order chi connectivity index (χ0) is 14.8. The lowest BCUT2D eigenvalue weighted by Crippen LogP contribution is -2.17. The third-order valence-corrected chi connectivity index (χ3v) is 2.77. The minimum absolute atomic E-state index is 0.0277. The molecular formula is C12H12F3N3O2. The summed E-state index contributed by atoms with van der Waals surface area (Å²) in [7, 11) is 0. The molecule has 0 atom stereocenters. The van der Waals surface area contributed by atoms with Crippen molar-refractivity contribution in [2.24, 2.45) is 10.9 Å². The largest absolute Gasteiger partial charge is 0.522 e. The van der Waals surface area contributed by atoms with Gasteiger partial charge in [0.15, 0.2) is 5.84 Å². The molecule has 0 fully saturated rings. The van der Waals surface area contributed by atoms with Gasteiger partial charge in [-0.15, -0.1) is 13.2 Å². The Hall–Kier alpha value is -2.22. The van der Waals surface area contributed by atoms with Crippen LogP contribution in [0.1, 0.15) is 5.56 Å². The number of rotatable bonds is 4. The molecule has 0 bridgehead atoms. The number of aromatic nitrogens is 1. The summed E-state index contributed by atoms with van der Waals surface area (Å²) in [5.74, 6) is -0.0277. The number of alkyl halides is 3. The first kappa shape index (κ1) is 14.2. The number of oxime groups is 1. The number of nitrogens with zero attached hydrogens (tertiary/aromatic N) is 2. The summed E-state index contributed by atoms with van der Waals surface area (Å²) in [5.41, 5.74) is 6.74. The molecule has 0 spiro atoms. The molecule has 1 aromatic heterocycles. The van der Waals surface area contributed by atoms with Crippen LogP contribution in [0.2, 0.25) is 0 Å². The van der Waals surface area contributed by atoms with Crippen molar-refractivity contribution < 1.29 is 23.1 Å². The van der Waals surface area contributed by atoms with Crippen LogP contribution in [-0.4, -0.2) is 28.6 Å². The second kappa shape index (κ2) is 5.41. The van der Waals surface area contributed by atoms with Gasteiger partial charge in [-0.05, 0) is 24.3 Å². The Bertz CT molecular complexity index is 634. The monoisotopic (exact) mass is 287 g/mol. The molecule has 0 aliphatic carbocycles. The molecule has 108 valence electrons. The smallest absolute Gasteiger partial charge is 0.409 e. The van der Waals surface area contributed by atoms with Crippen molar-refractivity contribution in [1.29, 1.82) is 0 Å². The van der Waals surface area contributed by atoms with Gasteiger partial charge in [0.1, 0.15) is 0 Å². The fourth-order valence-corrected chi connectivity index (χ4v) is 1.87. The molecule has 2 aromatic rings. The van der Waals surface area contributed by atoms with Gasteiger partial charge in [-0.2, -0.15) is 0 Å². The highest BCUT2D eigenvalue weighted by atomic mass is 19.4. The third-order valence-electron chi connectivity index (χ3n) is 2.77. The first-order valence-corrected chi connectivity index (χ1v) is 5.68. The van der Waals surface area contributed by atoms with Crippen molar-refractivity contribution in [3.8, 4) is 0 Å². The van der Waals surface area contributed by atoms with Crippen molar-refractivity contribution in [3.05, 3.63) is 36.0 Å². The Morgan fingerprint density at radius 2 is 2.10 bits per heavy atom. The van der Waals surface area contributed by atoms with Crippen LogP contribution in [-0.2, 0) is 11.3 Å². The van der Waals surface area contributed by atoms with E-state index in [1.807, 2.05) is 0 Å². The second-order valence-electron chi connectivity index (χ2n) is 4.06. The molecule has 0 unspecified atom stereocenters. The first-order chi connectivity index (χ1) is 9.40. The molecule has 0 saturated carbocycles. The van der Waals surface area contributed by atoms with Gasteiger partial charge in [-0.3, -0.25) is 4.74 Å². The molecule has 0 saturated heterocycles. The number of hydrogen-bond acceptors (Lipinski definition) is 3. The minimum Gasteiger partial charge on any atom is -0.409 e. The highest BCUT2D eigenvalue weighted by Crippen LogP contribution is 2.19. The Kier molecular flexibility index (Phi) is 3.84. The van der Waals surface area contributed by atoms with Gasteiger partial charge in [0.2, 0.25) is 0 Å². The standard InChI is InChI=1S/C12H12F3N3O2/c13-12(14,15)20-6-5-18-4-3-8-7-9(11(16)17-19)1-2-10(8)18/h1-4,7,19H,5-6H2,(H2,16,17). The fourth-order valence-electron chi connectivity index (χ4n) is 1.87. The van der Waals surface area contributed by atoms with E-state index in [1.165, 1.54) is 0 Å². The quantitative estimate of drug-likeness (QED) is 0.392. The second-order valence-corrected chi connectivity index (χ2v) is 4.06. The molecule has 0 amide bonds. The number of amidine groups is 1. The Morgan fingerprint density at radius 3 is 2.75 bits per heavy atom. The lowest BCUT2D eigenvalue weighted by molar-refractivity contribution is -0.325. The average Bonchev–Trinajstić information content (AvgIpc) is 2.79. The summed E-state index contributed by atoms with van der Waals surface area (Å²) in [6.07, 6.45) is -2.97. The van der Waals surface area contributed by atoms with Crippen LogP contribution in [0.3, 0.4) is 0 Å². The summed E-state index contributed by atoms with van der Waals surface area (Å²) < 4.78 is 41.1. The lowest BCUT2D eigenvalue weighted by atomic mass is 10.1. The van der Waals surface area contributed by atoms with Crippen molar-refractivity contribution in [3.63, 3.8) is 0 Å². The van der Waals surface area contributed by atoms with Crippen LogP contribution >= 0.6 is 0 Å². The van der Waals surface area contributed by atoms with Crippen LogP contribution < -0.4 is 5.73 Å². The summed E-state index contributed by atoms with van der Waals surface area (Å²) in [4.78, 5) is 0. The molecule has 1 heterocycles. The van der Waals surface area contributed by atoms with Crippen LogP contribution in [0.15, 0.2) is 35.6 Å². The molecule has 0 aliphatic heterocycles. The molecule has 20 heavy (non-hydrogen) atoms. The summed E-state index contributed by atoms with van der Waals surface area (Å²) in [6, 6.07) is 6.73. The maximum atomic E-state index is 11.9. The van der Waals surface area contributed by atoms with Gasteiger partial charge in [0.25, 0.3) is 0 Å². The van der Waals surface area contributed by atoms with Crippen molar-refractivity contribution in [1.82, 2.24) is 4.57 Å². The summed E-state index contributed by atoms with van der Waals surface area (Å²) in [5, 5.41) is 12.3. The third kappa shape index (κ3) is 3.21. The number of benzene rings is 1. The maximum Gasteiger partial charge on any atom is 0.522 e. The topological polar surface area (TPSA) is 72.8 Å². The number of ether oxygens (including phenoxy) is 1. The van der Waals surface area contributed by atoms with Crippen LogP contribution in [0.5, 0.6) is 0 Å². The number of hydrogen-bond donors (Lipinski definition) is 2. The minimum atomic E-state index is -4.62. The van der Waals surface area contributed by atoms with E-state index in [0.717, 1.165) is 10.9 Å². The van der Waals surface area contributed by atoms with Gasteiger partial charge in [0, 0.05) is 29.2 Å².